The fourth-order valence-electron chi connectivity index (χ4n) is 1.03. The van der Waals surface area contributed by atoms with Gasteiger partial charge in [-0.15, -0.1) is 0 Å². The van der Waals surface area contributed by atoms with E-state index in [2.05, 4.69) is 6.92 Å². The van der Waals surface area contributed by atoms with E-state index < -0.39 is 0 Å². The topological polar surface area (TPSA) is 35.2 Å². The molecule has 0 heterocycles. The van der Waals surface area contributed by atoms with Gasteiger partial charge in [0.05, 0.1) is 6.61 Å². The molecule has 15 heavy (non-hydrogen) atoms. The van der Waals surface area contributed by atoms with Crippen LogP contribution in [-0.2, 0) is 0 Å². The SMILES string of the molecule is CC(CN)SCCOc1cccc(Cl)c1. The van der Waals surface area contributed by atoms with E-state index in [4.69, 9.17) is 22.1 Å². The molecule has 0 amide bonds. The minimum absolute atomic E-state index is 0.493. The van der Waals surface area contributed by atoms with Crippen molar-refractivity contribution in [3.8, 4) is 5.75 Å². The smallest absolute Gasteiger partial charge is 0.120 e. The molecule has 0 saturated heterocycles. The Morgan fingerprint density at radius 2 is 2.33 bits per heavy atom. The Morgan fingerprint density at radius 1 is 1.53 bits per heavy atom. The highest BCUT2D eigenvalue weighted by atomic mass is 35.5. The molecule has 0 radical (unpaired) electrons. The van der Waals surface area contributed by atoms with Gasteiger partial charge in [0.15, 0.2) is 0 Å². The lowest BCUT2D eigenvalue weighted by molar-refractivity contribution is 0.344. The number of hydrogen-bond acceptors (Lipinski definition) is 3. The van der Waals surface area contributed by atoms with Crippen molar-refractivity contribution >= 4 is 23.4 Å². The van der Waals surface area contributed by atoms with Gasteiger partial charge in [-0.3, -0.25) is 0 Å². The Balaban J connectivity index is 2.20. The van der Waals surface area contributed by atoms with Crippen molar-refractivity contribution in [2.24, 2.45) is 5.73 Å². The van der Waals surface area contributed by atoms with Gasteiger partial charge in [0.25, 0.3) is 0 Å². The third-order valence-electron chi connectivity index (χ3n) is 1.88. The van der Waals surface area contributed by atoms with Gasteiger partial charge in [0, 0.05) is 22.6 Å². The Bertz CT molecular complexity index is 296. The molecule has 4 heteroatoms. The van der Waals surface area contributed by atoms with Gasteiger partial charge in [-0.2, -0.15) is 11.8 Å². The molecule has 0 fully saturated rings. The van der Waals surface area contributed by atoms with E-state index in [0.717, 1.165) is 11.5 Å². The van der Waals surface area contributed by atoms with Crippen molar-refractivity contribution in [3.05, 3.63) is 29.3 Å². The lowest BCUT2D eigenvalue weighted by Gasteiger charge is -2.09. The Hall–Kier alpha value is -0.380. The highest BCUT2D eigenvalue weighted by Crippen LogP contribution is 2.17. The zero-order chi connectivity index (χ0) is 11.1. The minimum atomic E-state index is 0.493. The third kappa shape index (κ3) is 5.30. The number of rotatable bonds is 6. The van der Waals surface area contributed by atoms with Crippen LogP contribution in [0, 0.1) is 0 Å². The first-order chi connectivity index (χ1) is 7.22. The number of nitrogens with two attached hydrogens (primary N) is 1. The lowest BCUT2D eigenvalue weighted by atomic mass is 10.3. The van der Waals surface area contributed by atoms with E-state index in [-0.39, 0.29) is 0 Å². The van der Waals surface area contributed by atoms with E-state index in [1.165, 1.54) is 0 Å². The maximum Gasteiger partial charge on any atom is 0.120 e. The van der Waals surface area contributed by atoms with Gasteiger partial charge in [-0.25, -0.2) is 0 Å². The monoisotopic (exact) mass is 245 g/mol. The summed E-state index contributed by atoms with van der Waals surface area (Å²) in [5.41, 5.74) is 5.51. The molecule has 2 nitrogen and oxygen atoms in total. The van der Waals surface area contributed by atoms with Crippen molar-refractivity contribution in [1.82, 2.24) is 0 Å². The Morgan fingerprint density at radius 3 is 3.00 bits per heavy atom. The van der Waals surface area contributed by atoms with Gasteiger partial charge < -0.3 is 10.5 Å². The van der Waals surface area contributed by atoms with Crippen molar-refractivity contribution < 1.29 is 4.74 Å². The quantitative estimate of drug-likeness (QED) is 0.783. The summed E-state index contributed by atoms with van der Waals surface area (Å²) in [7, 11) is 0. The first kappa shape index (κ1) is 12.7. The summed E-state index contributed by atoms with van der Waals surface area (Å²) in [6.45, 7) is 3.52. The van der Waals surface area contributed by atoms with E-state index in [9.17, 15) is 0 Å². The van der Waals surface area contributed by atoms with Crippen molar-refractivity contribution in [2.45, 2.75) is 12.2 Å². The molecular formula is C11H16ClNOS. The van der Waals surface area contributed by atoms with Crippen LogP contribution in [0.1, 0.15) is 6.92 Å². The molecule has 1 rings (SSSR count). The maximum absolute atomic E-state index is 5.83. The van der Waals surface area contributed by atoms with E-state index in [0.29, 0.717) is 23.4 Å². The molecule has 1 atom stereocenters. The fraction of sp³-hybridized carbons (Fsp3) is 0.455. The molecule has 2 N–H and O–H groups in total. The molecule has 1 aromatic rings. The number of benzene rings is 1. The van der Waals surface area contributed by atoms with Gasteiger partial charge in [0.1, 0.15) is 5.75 Å². The first-order valence-corrected chi connectivity index (χ1v) is 6.35. The summed E-state index contributed by atoms with van der Waals surface area (Å²) in [5.74, 6) is 1.77. The van der Waals surface area contributed by atoms with E-state index in [1.807, 2.05) is 36.0 Å². The number of thioether (sulfide) groups is 1. The summed E-state index contributed by atoms with van der Waals surface area (Å²) in [6.07, 6.45) is 0. The van der Waals surface area contributed by atoms with E-state index >= 15 is 0 Å². The number of ether oxygens (including phenoxy) is 1. The van der Waals surface area contributed by atoms with Gasteiger partial charge >= 0.3 is 0 Å². The zero-order valence-corrected chi connectivity index (χ0v) is 10.4. The molecule has 0 aliphatic carbocycles. The second-order valence-electron chi connectivity index (χ2n) is 3.22. The highest BCUT2D eigenvalue weighted by molar-refractivity contribution is 7.99. The fourth-order valence-corrected chi connectivity index (χ4v) is 1.93. The number of hydrogen-bond donors (Lipinski definition) is 1. The average molecular weight is 246 g/mol. The minimum Gasteiger partial charge on any atom is -0.493 e. The standard InChI is InChI=1S/C11H16ClNOS/c1-9(8-13)15-6-5-14-11-4-2-3-10(12)7-11/h2-4,7,9H,5-6,8,13H2,1H3. The largest absolute Gasteiger partial charge is 0.493 e. The summed E-state index contributed by atoms with van der Waals surface area (Å²) >= 11 is 7.65. The van der Waals surface area contributed by atoms with Crippen LogP contribution in [0.4, 0.5) is 0 Å². The Kier molecular flexibility index (Phi) is 5.91. The average Bonchev–Trinajstić information content (AvgIpc) is 2.24. The number of halogens is 1. The normalized spacial score (nSPS) is 12.5. The van der Waals surface area contributed by atoms with Crippen LogP contribution in [-0.4, -0.2) is 24.2 Å². The highest BCUT2D eigenvalue weighted by Gasteiger charge is 1.99. The van der Waals surface area contributed by atoms with Crippen LogP contribution in [0.5, 0.6) is 5.75 Å². The van der Waals surface area contributed by atoms with Crippen LogP contribution < -0.4 is 10.5 Å². The van der Waals surface area contributed by atoms with Crippen LogP contribution in [0.2, 0.25) is 5.02 Å². The molecule has 0 spiro atoms. The summed E-state index contributed by atoms with van der Waals surface area (Å²) in [5, 5.41) is 1.20. The molecule has 1 unspecified atom stereocenters. The lowest BCUT2D eigenvalue weighted by Crippen LogP contribution is -2.14. The van der Waals surface area contributed by atoms with Gasteiger partial charge in [-0.05, 0) is 18.2 Å². The van der Waals surface area contributed by atoms with Crippen LogP contribution in [0.25, 0.3) is 0 Å². The summed E-state index contributed by atoms with van der Waals surface area (Å²) in [4.78, 5) is 0. The van der Waals surface area contributed by atoms with Crippen molar-refractivity contribution in [3.63, 3.8) is 0 Å². The van der Waals surface area contributed by atoms with Crippen LogP contribution >= 0.6 is 23.4 Å². The predicted octanol–water partition coefficient (Wildman–Crippen LogP) is 2.80. The van der Waals surface area contributed by atoms with Crippen molar-refractivity contribution in [1.29, 1.82) is 0 Å². The molecule has 0 aliphatic rings. The van der Waals surface area contributed by atoms with Crippen LogP contribution in [0.3, 0.4) is 0 Å². The molecule has 0 aromatic heterocycles. The first-order valence-electron chi connectivity index (χ1n) is 4.92. The summed E-state index contributed by atoms with van der Waals surface area (Å²) in [6, 6.07) is 7.44. The second-order valence-corrected chi connectivity index (χ2v) is 5.21. The molecule has 1 aromatic carbocycles. The Labute approximate surface area is 100 Å². The molecular weight excluding hydrogens is 230 g/mol. The van der Waals surface area contributed by atoms with Gasteiger partial charge in [-0.1, -0.05) is 24.6 Å². The van der Waals surface area contributed by atoms with Crippen molar-refractivity contribution in [2.75, 3.05) is 18.9 Å². The molecule has 0 bridgehead atoms. The predicted molar refractivity (Wildman–Crippen MR) is 67.9 cm³/mol. The van der Waals surface area contributed by atoms with Gasteiger partial charge in [0.2, 0.25) is 0 Å². The molecule has 0 saturated carbocycles. The third-order valence-corrected chi connectivity index (χ3v) is 3.28. The zero-order valence-electron chi connectivity index (χ0n) is 8.78. The molecule has 0 aliphatic heterocycles. The maximum atomic E-state index is 5.83. The van der Waals surface area contributed by atoms with Crippen LogP contribution in [0.15, 0.2) is 24.3 Å². The second kappa shape index (κ2) is 6.99. The molecule has 84 valence electrons. The van der Waals surface area contributed by atoms with E-state index in [1.54, 1.807) is 0 Å². The summed E-state index contributed by atoms with van der Waals surface area (Å²) < 4.78 is 5.54.